The van der Waals surface area contributed by atoms with Gasteiger partial charge in [-0.2, -0.15) is 15.0 Å². The highest BCUT2D eigenvalue weighted by Crippen LogP contribution is 2.66. The highest BCUT2D eigenvalue weighted by molar-refractivity contribution is 5.39. The molecule has 1 heterocycles. The van der Waals surface area contributed by atoms with Crippen LogP contribution in [0.15, 0.2) is 0 Å². The van der Waals surface area contributed by atoms with Crippen molar-refractivity contribution in [2.75, 3.05) is 17.3 Å². The van der Waals surface area contributed by atoms with Crippen molar-refractivity contribution in [1.82, 2.24) is 15.0 Å². The first-order valence-electron chi connectivity index (χ1n) is 7.92. The van der Waals surface area contributed by atoms with Crippen molar-refractivity contribution in [1.29, 1.82) is 0 Å². The van der Waals surface area contributed by atoms with Crippen molar-refractivity contribution >= 4 is 11.9 Å². The minimum absolute atomic E-state index is 0.330. The predicted molar refractivity (Wildman–Crippen MR) is 78.6 cm³/mol. The molecule has 1 aromatic rings. The van der Waals surface area contributed by atoms with Gasteiger partial charge >= 0.3 is 6.01 Å². The van der Waals surface area contributed by atoms with Crippen LogP contribution in [0.4, 0.5) is 11.9 Å². The third-order valence-electron chi connectivity index (χ3n) is 5.21. The van der Waals surface area contributed by atoms with E-state index in [1.807, 2.05) is 6.92 Å². The van der Waals surface area contributed by atoms with Crippen LogP contribution in [0.25, 0.3) is 0 Å². The third-order valence-corrected chi connectivity index (χ3v) is 5.21. The molecule has 0 spiro atoms. The van der Waals surface area contributed by atoms with Gasteiger partial charge in [0.05, 0.1) is 6.61 Å². The average molecular weight is 290 g/mol. The molecule has 2 bridgehead atoms. The lowest BCUT2D eigenvalue weighted by atomic mass is 10.0. The fourth-order valence-electron chi connectivity index (χ4n) is 4.41. The summed E-state index contributed by atoms with van der Waals surface area (Å²) in [5.74, 6) is 9.83. The molecule has 3 fully saturated rings. The number of nitrogens with zero attached hydrogens (tertiary/aromatic N) is 3. The molecule has 3 aliphatic rings. The van der Waals surface area contributed by atoms with Crippen LogP contribution in [0, 0.1) is 23.7 Å². The zero-order chi connectivity index (χ0) is 14.4. The number of nitrogens with two attached hydrogens (primary N) is 1. The van der Waals surface area contributed by atoms with E-state index in [0.717, 1.165) is 30.1 Å². The summed E-state index contributed by atoms with van der Waals surface area (Å²) < 4.78 is 5.49. The summed E-state index contributed by atoms with van der Waals surface area (Å²) in [4.78, 5) is 12.7. The molecule has 4 unspecified atom stereocenters. The van der Waals surface area contributed by atoms with Gasteiger partial charge < -0.3 is 10.1 Å². The summed E-state index contributed by atoms with van der Waals surface area (Å²) in [6, 6.07) is 0.861. The number of aromatic nitrogens is 3. The number of nitrogen functional groups attached to an aromatic ring is 1. The van der Waals surface area contributed by atoms with Gasteiger partial charge in [-0.25, -0.2) is 5.84 Å². The number of anilines is 2. The van der Waals surface area contributed by atoms with Crippen molar-refractivity contribution in [2.45, 2.75) is 38.6 Å². The maximum Gasteiger partial charge on any atom is 0.323 e. The normalized spacial score (nSPS) is 35.4. The fraction of sp³-hybridized carbons (Fsp3) is 0.786. The van der Waals surface area contributed by atoms with E-state index < -0.39 is 0 Å². The minimum Gasteiger partial charge on any atom is -0.463 e. The van der Waals surface area contributed by atoms with E-state index in [-0.39, 0.29) is 0 Å². The molecule has 21 heavy (non-hydrogen) atoms. The summed E-state index contributed by atoms with van der Waals surface area (Å²) in [7, 11) is 0. The van der Waals surface area contributed by atoms with E-state index in [1.54, 1.807) is 0 Å². The topological polar surface area (TPSA) is 98.0 Å². The number of ether oxygens (including phenoxy) is 1. The van der Waals surface area contributed by atoms with Crippen LogP contribution in [-0.4, -0.2) is 27.6 Å². The zero-order valence-electron chi connectivity index (χ0n) is 12.2. The average Bonchev–Trinajstić information content (AvgIpc) is 2.89. The maximum atomic E-state index is 5.49. The predicted octanol–water partition coefficient (Wildman–Crippen LogP) is 1.40. The summed E-state index contributed by atoms with van der Waals surface area (Å²) in [5, 5.41) is 3.47. The molecule has 3 saturated carbocycles. The van der Waals surface area contributed by atoms with Crippen molar-refractivity contribution < 1.29 is 4.74 Å². The Kier molecular flexibility index (Phi) is 3.10. The van der Waals surface area contributed by atoms with Crippen LogP contribution in [-0.2, 0) is 0 Å². The smallest absolute Gasteiger partial charge is 0.323 e. The van der Waals surface area contributed by atoms with Gasteiger partial charge in [0.1, 0.15) is 0 Å². The van der Waals surface area contributed by atoms with Gasteiger partial charge in [0.25, 0.3) is 0 Å². The Bertz CT molecular complexity index is 522. The minimum atomic E-state index is 0.330. The summed E-state index contributed by atoms with van der Waals surface area (Å²) in [6.45, 7) is 2.63. The third kappa shape index (κ3) is 2.19. The molecular weight excluding hydrogens is 268 g/mol. The second-order valence-corrected chi connectivity index (χ2v) is 6.42. The first-order valence-corrected chi connectivity index (χ1v) is 7.92. The van der Waals surface area contributed by atoms with Crippen LogP contribution >= 0.6 is 0 Å². The number of rotatable bonds is 6. The molecule has 1 aromatic heterocycles. The molecule has 0 aromatic carbocycles. The van der Waals surface area contributed by atoms with Crippen molar-refractivity contribution in [3.8, 4) is 6.01 Å². The molecule has 0 aliphatic heterocycles. The second kappa shape index (κ2) is 4.98. The Morgan fingerprint density at radius 2 is 1.86 bits per heavy atom. The Morgan fingerprint density at radius 1 is 1.14 bits per heavy atom. The monoisotopic (exact) mass is 290 g/mol. The van der Waals surface area contributed by atoms with E-state index >= 15 is 0 Å². The van der Waals surface area contributed by atoms with Crippen LogP contribution < -0.4 is 21.3 Å². The van der Waals surface area contributed by atoms with Gasteiger partial charge in [0.2, 0.25) is 11.9 Å². The highest BCUT2D eigenvalue weighted by Gasteiger charge is 2.65. The van der Waals surface area contributed by atoms with Gasteiger partial charge in [-0.3, -0.25) is 5.43 Å². The van der Waals surface area contributed by atoms with Crippen LogP contribution in [0.1, 0.15) is 32.6 Å². The molecule has 0 radical (unpaired) electrons. The maximum absolute atomic E-state index is 5.49. The number of fused-ring (bicyclic) bond motifs is 5. The highest BCUT2D eigenvalue weighted by atomic mass is 16.5. The molecule has 3 aliphatic carbocycles. The Hall–Kier alpha value is -1.63. The van der Waals surface area contributed by atoms with E-state index in [0.29, 0.717) is 30.6 Å². The van der Waals surface area contributed by atoms with Gasteiger partial charge in [0, 0.05) is 6.04 Å². The quantitative estimate of drug-likeness (QED) is 0.538. The zero-order valence-corrected chi connectivity index (χ0v) is 12.2. The van der Waals surface area contributed by atoms with E-state index in [2.05, 4.69) is 25.7 Å². The van der Waals surface area contributed by atoms with Crippen molar-refractivity contribution in [3.05, 3.63) is 0 Å². The second-order valence-electron chi connectivity index (χ2n) is 6.42. The van der Waals surface area contributed by atoms with Gasteiger partial charge in [-0.15, -0.1) is 0 Å². The van der Waals surface area contributed by atoms with Gasteiger partial charge in [-0.1, -0.05) is 6.92 Å². The molecule has 0 amide bonds. The first kappa shape index (κ1) is 13.1. The van der Waals surface area contributed by atoms with E-state index in [9.17, 15) is 0 Å². The van der Waals surface area contributed by atoms with Gasteiger partial charge in [0.15, 0.2) is 0 Å². The number of hydrogen-bond acceptors (Lipinski definition) is 7. The molecule has 4 atom stereocenters. The van der Waals surface area contributed by atoms with Crippen molar-refractivity contribution in [3.63, 3.8) is 0 Å². The summed E-state index contributed by atoms with van der Waals surface area (Å²) in [5.41, 5.74) is 2.48. The SMILES string of the molecule is CCCOc1nc(NN)nc(NC2C3C4CCC(C4)C23)n1. The summed E-state index contributed by atoms with van der Waals surface area (Å²) in [6.07, 6.45) is 5.16. The molecule has 0 saturated heterocycles. The standard InChI is InChI=1S/C14H22N6O/c1-2-5-21-14-18-12(17-13(19-14)20-15)16-11-9-7-3-4-8(6-7)10(9)11/h7-11H,2-6,15H2,1H3,(H2,16,17,18,19,20). The largest absolute Gasteiger partial charge is 0.463 e. The molecular formula is C14H22N6O. The molecule has 7 heteroatoms. The van der Waals surface area contributed by atoms with Crippen LogP contribution in [0.2, 0.25) is 0 Å². The Labute approximate surface area is 124 Å². The molecule has 7 nitrogen and oxygen atoms in total. The lowest BCUT2D eigenvalue weighted by Crippen LogP contribution is -2.18. The van der Waals surface area contributed by atoms with E-state index in [1.165, 1.54) is 19.3 Å². The van der Waals surface area contributed by atoms with Gasteiger partial charge in [-0.05, 0) is 49.4 Å². The molecule has 114 valence electrons. The Balaban J connectivity index is 1.47. The number of hydrazine groups is 1. The van der Waals surface area contributed by atoms with Crippen LogP contribution in [0.3, 0.4) is 0 Å². The van der Waals surface area contributed by atoms with E-state index in [4.69, 9.17) is 10.6 Å². The number of nitrogens with one attached hydrogen (secondary N) is 2. The Morgan fingerprint density at radius 3 is 2.52 bits per heavy atom. The summed E-state index contributed by atoms with van der Waals surface area (Å²) >= 11 is 0. The van der Waals surface area contributed by atoms with Crippen molar-refractivity contribution in [2.24, 2.45) is 29.5 Å². The number of hydrogen-bond donors (Lipinski definition) is 3. The molecule has 4 N–H and O–H groups in total. The molecule has 4 rings (SSSR count). The van der Waals surface area contributed by atoms with Crippen LogP contribution in [0.5, 0.6) is 6.01 Å². The lowest BCUT2D eigenvalue weighted by Gasteiger charge is -2.12. The fourth-order valence-corrected chi connectivity index (χ4v) is 4.41. The first-order chi connectivity index (χ1) is 10.3. The lowest BCUT2D eigenvalue weighted by molar-refractivity contribution is 0.292.